The van der Waals surface area contributed by atoms with E-state index >= 15 is 0 Å². The lowest BCUT2D eigenvalue weighted by molar-refractivity contribution is 0.415. The second kappa shape index (κ2) is 11.6. The summed E-state index contributed by atoms with van der Waals surface area (Å²) < 4.78 is 5.52. The van der Waals surface area contributed by atoms with E-state index in [1.165, 1.54) is 4.88 Å². The number of aliphatic imine (C=N–C) groups is 1. The highest BCUT2D eigenvalue weighted by Crippen LogP contribution is 2.30. The van der Waals surface area contributed by atoms with Gasteiger partial charge in [-0.3, -0.25) is 4.99 Å². The molecule has 1 unspecified atom stereocenters. The number of aromatic nitrogens is 1. The van der Waals surface area contributed by atoms with Crippen LogP contribution >= 0.6 is 35.3 Å². The number of halogens is 1. The molecule has 1 aromatic heterocycles. The van der Waals surface area contributed by atoms with Crippen molar-refractivity contribution in [3.8, 4) is 5.75 Å². The lowest BCUT2D eigenvalue weighted by Crippen LogP contribution is -2.44. The second-order valence-electron chi connectivity index (χ2n) is 7.00. The second-order valence-corrected chi connectivity index (χ2v) is 8.29. The normalized spacial score (nSPS) is 16.5. The SMILES string of the molecule is CCNC(=NCCc1sc(C)nc1C)NC1CCN(c2ccccc2OC)C1.I. The number of anilines is 1. The zero-order valence-electron chi connectivity index (χ0n) is 17.7. The number of nitrogens with one attached hydrogen (secondary N) is 2. The van der Waals surface area contributed by atoms with E-state index in [2.05, 4.69) is 53.4 Å². The smallest absolute Gasteiger partial charge is 0.191 e. The molecule has 1 aliphatic rings. The molecule has 0 spiro atoms. The molecule has 8 heteroatoms. The Kier molecular flexibility index (Phi) is 9.48. The monoisotopic (exact) mass is 529 g/mol. The molecule has 1 atom stereocenters. The molecule has 3 rings (SSSR count). The lowest BCUT2D eigenvalue weighted by atomic mass is 10.2. The fraction of sp³-hybridized carbons (Fsp3) is 0.524. The van der Waals surface area contributed by atoms with Gasteiger partial charge in [0.1, 0.15) is 5.75 Å². The number of guanidine groups is 1. The minimum atomic E-state index is 0. The van der Waals surface area contributed by atoms with Crippen LogP contribution in [0, 0.1) is 13.8 Å². The molecular formula is C21H32IN5OS. The molecule has 0 radical (unpaired) electrons. The van der Waals surface area contributed by atoms with E-state index in [1.807, 2.05) is 12.1 Å². The molecular weight excluding hydrogens is 497 g/mol. The van der Waals surface area contributed by atoms with Crippen LogP contribution in [0.1, 0.15) is 28.9 Å². The number of nitrogens with zero attached hydrogens (tertiary/aromatic N) is 3. The first-order valence-corrected chi connectivity index (χ1v) is 10.8. The summed E-state index contributed by atoms with van der Waals surface area (Å²) >= 11 is 1.77. The molecule has 0 amide bonds. The van der Waals surface area contributed by atoms with Crippen LogP contribution in [0.5, 0.6) is 5.75 Å². The van der Waals surface area contributed by atoms with Gasteiger partial charge < -0.3 is 20.3 Å². The highest BCUT2D eigenvalue weighted by atomic mass is 127. The van der Waals surface area contributed by atoms with Crippen molar-refractivity contribution in [3.63, 3.8) is 0 Å². The van der Waals surface area contributed by atoms with Gasteiger partial charge in [0, 0.05) is 43.5 Å². The first-order valence-electron chi connectivity index (χ1n) is 9.96. The minimum Gasteiger partial charge on any atom is -0.495 e. The van der Waals surface area contributed by atoms with Crippen molar-refractivity contribution in [1.29, 1.82) is 0 Å². The zero-order chi connectivity index (χ0) is 19.9. The molecule has 1 aromatic carbocycles. The quantitative estimate of drug-likeness (QED) is 0.325. The van der Waals surface area contributed by atoms with Crippen molar-refractivity contribution in [2.24, 2.45) is 4.99 Å². The number of methoxy groups -OCH3 is 1. The zero-order valence-corrected chi connectivity index (χ0v) is 20.8. The lowest BCUT2D eigenvalue weighted by Gasteiger charge is -2.22. The maximum Gasteiger partial charge on any atom is 0.191 e. The van der Waals surface area contributed by atoms with Crippen molar-refractivity contribution in [1.82, 2.24) is 15.6 Å². The summed E-state index contributed by atoms with van der Waals surface area (Å²) in [4.78, 5) is 13.0. The van der Waals surface area contributed by atoms with Crippen LogP contribution in [0.15, 0.2) is 29.3 Å². The predicted molar refractivity (Wildman–Crippen MR) is 133 cm³/mol. The Bertz CT molecular complexity index is 810. The maximum absolute atomic E-state index is 5.52. The molecule has 0 aliphatic carbocycles. The van der Waals surface area contributed by atoms with Crippen LogP contribution in [-0.4, -0.2) is 50.3 Å². The van der Waals surface area contributed by atoms with Gasteiger partial charge in [0.25, 0.3) is 0 Å². The molecule has 160 valence electrons. The van der Waals surface area contributed by atoms with Gasteiger partial charge in [0.2, 0.25) is 0 Å². The largest absolute Gasteiger partial charge is 0.495 e. The molecule has 1 aliphatic heterocycles. The van der Waals surface area contributed by atoms with Gasteiger partial charge in [0.05, 0.1) is 23.5 Å². The van der Waals surface area contributed by atoms with Crippen LogP contribution in [-0.2, 0) is 6.42 Å². The van der Waals surface area contributed by atoms with E-state index in [0.29, 0.717) is 6.04 Å². The molecule has 1 saturated heterocycles. The Morgan fingerprint density at radius 2 is 2.14 bits per heavy atom. The summed E-state index contributed by atoms with van der Waals surface area (Å²) in [6, 6.07) is 8.59. The molecule has 2 N–H and O–H groups in total. The molecule has 0 saturated carbocycles. The molecule has 2 heterocycles. The summed E-state index contributed by atoms with van der Waals surface area (Å²) in [7, 11) is 1.73. The summed E-state index contributed by atoms with van der Waals surface area (Å²) in [5.74, 6) is 1.83. The average Bonchev–Trinajstić information content (AvgIpc) is 3.27. The Hall–Kier alpha value is -1.55. The molecule has 29 heavy (non-hydrogen) atoms. The highest BCUT2D eigenvalue weighted by Gasteiger charge is 2.25. The van der Waals surface area contributed by atoms with E-state index in [-0.39, 0.29) is 24.0 Å². The third kappa shape index (κ3) is 6.47. The van der Waals surface area contributed by atoms with E-state index < -0.39 is 0 Å². The van der Waals surface area contributed by atoms with Crippen LogP contribution in [0.2, 0.25) is 0 Å². The fourth-order valence-corrected chi connectivity index (χ4v) is 4.50. The Morgan fingerprint density at radius 1 is 1.34 bits per heavy atom. The van der Waals surface area contributed by atoms with Gasteiger partial charge >= 0.3 is 0 Å². The number of para-hydroxylation sites is 2. The van der Waals surface area contributed by atoms with Gasteiger partial charge in [-0.2, -0.15) is 0 Å². The van der Waals surface area contributed by atoms with E-state index in [4.69, 9.17) is 9.73 Å². The topological polar surface area (TPSA) is 61.8 Å². The third-order valence-corrected chi connectivity index (χ3v) is 6.04. The summed E-state index contributed by atoms with van der Waals surface area (Å²) in [5.41, 5.74) is 2.30. The van der Waals surface area contributed by atoms with E-state index in [1.54, 1.807) is 18.4 Å². The first kappa shape index (κ1) is 23.7. The van der Waals surface area contributed by atoms with Crippen LogP contribution < -0.4 is 20.3 Å². The number of hydrogen-bond acceptors (Lipinski definition) is 5. The third-order valence-electron chi connectivity index (χ3n) is 4.91. The average molecular weight is 529 g/mol. The van der Waals surface area contributed by atoms with Gasteiger partial charge in [-0.05, 0) is 39.3 Å². The summed E-state index contributed by atoms with van der Waals surface area (Å²) in [6.45, 7) is 9.81. The van der Waals surface area contributed by atoms with Crippen molar-refractivity contribution in [2.45, 2.75) is 39.7 Å². The molecule has 0 bridgehead atoms. The number of rotatable bonds is 7. The van der Waals surface area contributed by atoms with Crippen molar-refractivity contribution < 1.29 is 4.74 Å². The number of aryl methyl sites for hydroxylation is 2. The summed E-state index contributed by atoms with van der Waals surface area (Å²) in [6.07, 6.45) is 2.02. The number of benzene rings is 1. The van der Waals surface area contributed by atoms with E-state index in [0.717, 1.165) is 67.1 Å². The van der Waals surface area contributed by atoms with Crippen LogP contribution in [0.3, 0.4) is 0 Å². The highest BCUT2D eigenvalue weighted by molar-refractivity contribution is 14.0. The fourth-order valence-electron chi connectivity index (χ4n) is 3.58. The molecule has 2 aromatic rings. The van der Waals surface area contributed by atoms with Crippen LogP contribution in [0.25, 0.3) is 0 Å². The minimum absolute atomic E-state index is 0. The number of hydrogen-bond donors (Lipinski definition) is 2. The van der Waals surface area contributed by atoms with Crippen LogP contribution in [0.4, 0.5) is 5.69 Å². The summed E-state index contributed by atoms with van der Waals surface area (Å²) in [5, 5.41) is 8.11. The van der Waals surface area contributed by atoms with Gasteiger partial charge in [-0.15, -0.1) is 35.3 Å². The van der Waals surface area contributed by atoms with Gasteiger partial charge in [-0.25, -0.2) is 4.98 Å². The van der Waals surface area contributed by atoms with Crippen molar-refractivity contribution in [3.05, 3.63) is 39.8 Å². The Labute approximate surface area is 195 Å². The van der Waals surface area contributed by atoms with Crippen molar-refractivity contribution >= 4 is 47.0 Å². The first-order chi connectivity index (χ1) is 13.6. The molecule has 6 nitrogen and oxygen atoms in total. The van der Waals surface area contributed by atoms with Gasteiger partial charge in [0.15, 0.2) is 5.96 Å². The maximum atomic E-state index is 5.52. The number of thiazole rings is 1. The van der Waals surface area contributed by atoms with Gasteiger partial charge in [-0.1, -0.05) is 12.1 Å². The predicted octanol–water partition coefficient (Wildman–Crippen LogP) is 3.76. The number of ether oxygens (including phenoxy) is 1. The van der Waals surface area contributed by atoms with Crippen molar-refractivity contribution in [2.75, 3.05) is 38.2 Å². The Balaban J connectivity index is 0.00000300. The van der Waals surface area contributed by atoms with E-state index in [9.17, 15) is 0 Å². The molecule has 1 fully saturated rings. The Morgan fingerprint density at radius 3 is 2.83 bits per heavy atom. The standard InChI is InChI=1S/C21H31N5OS.HI/c1-5-22-21(23-12-10-20-15(2)24-16(3)28-20)25-17-11-13-26(14-17)18-8-6-7-9-19(18)27-4;/h6-9,17H,5,10-14H2,1-4H3,(H2,22,23,25);1H.